The van der Waals surface area contributed by atoms with E-state index in [4.69, 9.17) is 9.47 Å². The van der Waals surface area contributed by atoms with E-state index in [1.807, 2.05) is 31.2 Å². The number of nitrogens with one attached hydrogen (secondary N) is 1. The molecule has 0 unspecified atom stereocenters. The molecule has 0 radical (unpaired) electrons. The van der Waals surface area contributed by atoms with Crippen LogP contribution in [0.2, 0.25) is 0 Å². The van der Waals surface area contributed by atoms with E-state index in [-0.39, 0.29) is 5.82 Å². The Morgan fingerprint density at radius 2 is 1.86 bits per heavy atom. The van der Waals surface area contributed by atoms with Crippen molar-refractivity contribution in [3.8, 4) is 5.75 Å². The first-order valence-corrected chi connectivity index (χ1v) is 6.96. The van der Waals surface area contributed by atoms with Gasteiger partial charge in [0, 0.05) is 19.7 Å². The summed E-state index contributed by atoms with van der Waals surface area (Å²) in [6.45, 7) is 3.58. The second kappa shape index (κ2) is 7.64. The highest BCUT2D eigenvalue weighted by Gasteiger charge is 2.06. The second-order valence-electron chi connectivity index (χ2n) is 4.63. The van der Waals surface area contributed by atoms with Gasteiger partial charge in [-0.3, -0.25) is 0 Å². The van der Waals surface area contributed by atoms with Gasteiger partial charge < -0.3 is 14.8 Å². The molecule has 21 heavy (non-hydrogen) atoms. The minimum absolute atomic E-state index is 0.302. The Morgan fingerprint density at radius 3 is 2.57 bits per heavy atom. The molecule has 0 saturated heterocycles. The standard InChI is InChI=1S/C17H20FNO2/c1-3-21-17-10-15(18)8-9-16(17)19-11-13-6-4-5-7-14(13)12-20-2/h4-10,19H,3,11-12H2,1-2H3. The summed E-state index contributed by atoms with van der Waals surface area (Å²) < 4.78 is 23.9. The lowest BCUT2D eigenvalue weighted by Gasteiger charge is -2.14. The van der Waals surface area contributed by atoms with Crippen LogP contribution in [0.25, 0.3) is 0 Å². The van der Waals surface area contributed by atoms with Gasteiger partial charge in [-0.2, -0.15) is 0 Å². The van der Waals surface area contributed by atoms with E-state index in [1.165, 1.54) is 12.1 Å². The Kier molecular flexibility index (Phi) is 5.58. The van der Waals surface area contributed by atoms with Crippen molar-refractivity contribution in [3.05, 3.63) is 59.4 Å². The zero-order chi connectivity index (χ0) is 15.1. The monoisotopic (exact) mass is 289 g/mol. The van der Waals surface area contributed by atoms with Crippen molar-refractivity contribution >= 4 is 5.69 Å². The summed E-state index contributed by atoms with van der Waals surface area (Å²) in [5.41, 5.74) is 3.06. The van der Waals surface area contributed by atoms with Crippen molar-refractivity contribution < 1.29 is 13.9 Å². The Bertz CT molecular complexity index is 587. The first-order valence-electron chi connectivity index (χ1n) is 6.96. The maximum atomic E-state index is 13.3. The summed E-state index contributed by atoms with van der Waals surface area (Å²) in [5.74, 6) is 0.227. The molecular formula is C17H20FNO2. The van der Waals surface area contributed by atoms with Crippen molar-refractivity contribution in [2.45, 2.75) is 20.1 Å². The molecule has 2 rings (SSSR count). The van der Waals surface area contributed by atoms with Crippen LogP contribution in [0.1, 0.15) is 18.1 Å². The molecule has 0 fully saturated rings. The molecular weight excluding hydrogens is 269 g/mol. The molecule has 0 spiro atoms. The summed E-state index contributed by atoms with van der Waals surface area (Å²) in [6, 6.07) is 12.6. The van der Waals surface area contributed by atoms with Crippen LogP contribution in [0, 0.1) is 5.82 Å². The summed E-state index contributed by atoms with van der Waals surface area (Å²) >= 11 is 0. The van der Waals surface area contributed by atoms with Gasteiger partial charge in [0.1, 0.15) is 11.6 Å². The highest BCUT2D eigenvalue weighted by molar-refractivity contribution is 5.56. The second-order valence-corrected chi connectivity index (χ2v) is 4.63. The van der Waals surface area contributed by atoms with Gasteiger partial charge >= 0.3 is 0 Å². The number of benzene rings is 2. The predicted octanol–water partition coefficient (Wildman–Crippen LogP) is 3.98. The third-order valence-corrected chi connectivity index (χ3v) is 3.13. The fourth-order valence-corrected chi connectivity index (χ4v) is 2.13. The molecule has 0 heterocycles. The summed E-state index contributed by atoms with van der Waals surface area (Å²) in [6.07, 6.45) is 0. The fraction of sp³-hybridized carbons (Fsp3) is 0.294. The maximum Gasteiger partial charge on any atom is 0.145 e. The van der Waals surface area contributed by atoms with Crippen LogP contribution in [-0.2, 0) is 17.9 Å². The predicted molar refractivity (Wildman–Crippen MR) is 82.1 cm³/mol. The highest BCUT2D eigenvalue weighted by Crippen LogP contribution is 2.26. The molecule has 2 aromatic carbocycles. The summed E-state index contributed by atoms with van der Waals surface area (Å²) in [7, 11) is 1.68. The molecule has 2 aromatic rings. The first kappa shape index (κ1) is 15.3. The minimum Gasteiger partial charge on any atom is -0.492 e. The Labute approximate surface area is 124 Å². The quantitative estimate of drug-likeness (QED) is 0.836. The molecule has 4 heteroatoms. The molecule has 0 aliphatic heterocycles. The molecule has 0 aliphatic carbocycles. The normalized spacial score (nSPS) is 10.4. The summed E-state index contributed by atoms with van der Waals surface area (Å²) in [4.78, 5) is 0. The van der Waals surface area contributed by atoms with E-state index < -0.39 is 0 Å². The number of hydrogen-bond acceptors (Lipinski definition) is 3. The van der Waals surface area contributed by atoms with Gasteiger partial charge in [-0.25, -0.2) is 4.39 Å². The number of anilines is 1. The van der Waals surface area contributed by atoms with Gasteiger partial charge in [0.25, 0.3) is 0 Å². The largest absolute Gasteiger partial charge is 0.492 e. The Balaban J connectivity index is 2.13. The summed E-state index contributed by atoms with van der Waals surface area (Å²) in [5, 5.41) is 3.29. The Hall–Kier alpha value is -2.07. The van der Waals surface area contributed by atoms with Crippen molar-refractivity contribution in [2.75, 3.05) is 19.0 Å². The molecule has 112 valence electrons. The number of ether oxygens (including phenoxy) is 2. The van der Waals surface area contributed by atoms with Crippen molar-refractivity contribution in [2.24, 2.45) is 0 Å². The molecule has 0 amide bonds. The zero-order valence-corrected chi connectivity index (χ0v) is 12.4. The fourth-order valence-electron chi connectivity index (χ4n) is 2.13. The van der Waals surface area contributed by atoms with Crippen LogP contribution in [-0.4, -0.2) is 13.7 Å². The number of rotatable bonds is 7. The number of methoxy groups -OCH3 is 1. The molecule has 1 N–H and O–H groups in total. The smallest absolute Gasteiger partial charge is 0.145 e. The van der Waals surface area contributed by atoms with E-state index in [1.54, 1.807) is 13.2 Å². The number of hydrogen-bond donors (Lipinski definition) is 1. The van der Waals surface area contributed by atoms with Gasteiger partial charge in [0.2, 0.25) is 0 Å². The third-order valence-electron chi connectivity index (χ3n) is 3.13. The average Bonchev–Trinajstić information content (AvgIpc) is 2.48. The van der Waals surface area contributed by atoms with Gasteiger partial charge in [0.05, 0.1) is 18.9 Å². The van der Waals surface area contributed by atoms with E-state index in [2.05, 4.69) is 5.32 Å². The number of halogens is 1. The molecule has 0 bridgehead atoms. The van der Waals surface area contributed by atoms with E-state index in [0.717, 1.165) is 16.8 Å². The van der Waals surface area contributed by atoms with E-state index >= 15 is 0 Å². The molecule has 0 aliphatic rings. The van der Waals surface area contributed by atoms with Gasteiger partial charge in [-0.05, 0) is 30.2 Å². The molecule has 3 nitrogen and oxygen atoms in total. The SMILES string of the molecule is CCOc1cc(F)ccc1NCc1ccccc1COC. The van der Waals surface area contributed by atoms with Crippen molar-refractivity contribution in [1.82, 2.24) is 0 Å². The van der Waals surface area contributed by atoms with Crippen molar-refractivity contribution in [1.29, 1.82) is 0 Å². The minimum atomic E-state index is -0.302. The van der Waals surface area contributed by atoms with Crippen LogP contribution in [0.15, 0.2) is 42.5 Å². The molecule has 0 atom stereocenters. The van der Waals surface area contributed by atoms with Gasteiger partial charge in [0.15, 0.2) is 0 Å². The van der Waals surface area contributed by atoms with Crippen LogP contribution in [0.3, 0.4) is 0 Å². The lowest BCUT2D eigenvalue weighted by molar-refractivity contribution is 0.184. The first-order chi connectivity index (χ1) is 10.2. The van der Waals surface area contributed by atoms with Crippen LogP contribution in [0.4, 0.5) is 10.1 Å². The maximum absolute atomic E-state index is 13.3. The van der Waals surface area contributed by atoms with Gasteiger partial charge in [-0.15, -0.1) is 0 Å². The van der Waals surface area contributed by atoms with Crippen LogP contribution < -0.4 is 10.1 Å². The van der Waals surface area contributed by atoms with E-state index in [9.17, 15) is 4.39 Å². The lowest BCUT2D eigenvalue weighted by atomic mass is 10.1. The average molecular weight is 289 g/mol. The van der Waals surface area contributed by atoms with Gasteiger partial charge in [-0.1, -0.05) is 24.3 Å². The highest BCUT2D eigenvalue weighted by atomic mass is 19.1. The third kappa shape index (κ3) is 4.20. The van der Waals surface area contributed by atoms with Crippen LogP contribution in [0.5, 0.6) is 5.75 Å². The Morgan fingerprint density at radius 1 is 1.10 bits per heavy atom. The van der Waals surface area contributed by atoms with Crippen LogP contribution >= 0.6 is 0 Å². The molecule has 0 aromatic heterocycles. The molecule has 0 saturated carbocycles. The lowest BCUT2D eigenvalue weighted by Crippen LogP contribution is -2.05. The van der Waals surface area contributed by atoms with Crippen molar-refractivity contribution in [3.63, 3.8) is 0 Å². The topological polar surface area (TPSA) is 30.5 Å². The zero-order valence-electron chi connectivity index (χ0n) is 12.4. The van der Waals surface area contributed by atoms with E-state index in [0.29, 0.717) is 25.5 Å².